The molecule has 0 spiro atoms. The molecule has 0 radical (unpaired) electrons. The minimum absolute atomic E-state index is 0.0902. The van der Waals surface area contributed by atoms with Crippen molar-refractivity contribution in [2.24, 2.45) is 0 Å². The number of nitrogens with one attached hydrogen (secondary N) is 1. The Labute approximate surface area is 97.9 Å². The summed E-state index contributed by atoms with van der Waals surface area (Å²) >= 11 is 0. The molecule has 0 saturated carbocycles. The molecule has 16 heavy (non-hydrogen) atoms. The highest BCUT2D eigenvalue weighted by Gasteiger charge is 2.28. The fourth-order valence-electron chi connectivity index (χ4n) is 1.78. The van der Waals surface area contributed by atoms with E-state index in [2.05, 4.69) is 25.2 Å². The van der Waals surface area contributed by atoms with Crippen molar-refractivity contribution in [3.8, 4) is 6.07 Å². The maximum atomic E-state index is 8.37. The minimum atomic E-state index is -0.0902. The first-order valence-electron chi connectivity index (χ1n) is 5.97. The van der Waals surface area contributed by atoms with Gasteiger partial charge in [0.05, 0.1) is 24.4 Å². The minimum Gasteiger partial charge on any atom is -0.379 e. The zero-order chi connectivity index (χ0) is 11.9. The van der Waals surface area contributed by atoms with Gasteiger partial charge in [0.1, 0.15) is 0 Å². The maximum absolute atomic E-state index is 8.37. The van der Waals surface area contributed by atoms with E-state index in [4.69, 9.17) is 14.7 Å². The van der Waals surface area contributed by atoms with Crippen molar-refractivity contribution in [3.63, 3.8) is 0 Å². The fraction of sp³-hybridized carbons (Fsp3) is 0.917. The smallest absolute Gasteiger partial charge is 0.0940 e. The van der Waals surface area contributed by atoms with E-state index in [-0.39, 0.29) is 11.7 Å². The zero-order valence-electron chi connectivity index (χ0n) is 10.3. The topological polar surface area (TPSA) is 54.3 Å². The summed E-state index contributed by atoms with van der Waals surface area (Å²) in [6.45, 7) is 7.29. The standard InChI is InChI=1S/C12H22N2O2/c1-12(2)10-14-8-11(16-12)9-15-7-5-3-4-6-13/h11,14H,3-5,7-10H2,1-2H3. The summed E-state index contributed by atoms with van der Waals surface area (Å²) in [5, 5.41) is 11.7. The number of unbranched alkanes of at least 4 members (excludes halogenated alkanes) is 2. The van der Waals surface area contributed by atoms with Crippen LogP contribution in [0.1, 0.15) is 33.1 Å². The number of hydrogen-bond acceptors (Lipinski definition) is 4. The van der Waals surface area contributed by atoms with E-state index in [1.807, 2.05) is 0 Å². The quantitative estimate of drug-likeness (QED) is 0.697. The number of ether oxygens (including phenoxy) is 2. The van der Waals surface area contributed by atoms with Crippen LogP contribution in [-0.2, 0) is 9.47 Å². The van der Waals surface area contributed by atoms with Crippen molar-refractivity contribution in [3.05, 3.63) is 0 Å². The Morgan fingerprint density at radius 3 is 3.00 bits per heavy atom. The molecule has 0 aliphatic carbocycles. The van der Waals surface area contributed by atoms with Gasteiger partial charge in [-0.05, 0) is 26.7 Å². The van der Waals surface area contributed by atoms with Gasteiger partial charge in [-0.25, -0.2) is 0 Å². The van der Waals surface area contributed by atoms with Crippen LogP contribution < -0.4 is 5.32 Å². The predicted molar refractivity (Wildman–Crippen MR) is 62.1 cm³/mol. The summed E-state index contributed by atoms with van der Waals surface area (Å²) in [6.07, 6.45) is 2.65. The molecule has 1 saturated heterocycles. The Bertz CT molecular complexity index is 236. The molecule has 0 amide bonds. The predicted octanol–water partition coefficient (Wildman–Crippen LogP) is 1.46. The lowest BCUT2D eigenvalue weighted by molar-refractivity contribution is -0.120. The summed E-state index contributed by atoms with van der Waals surface area (Å²) in [6, 6.07) is 2.13. The molecule has 0 aromatic carbocycles. The van der Waals surface area contributed by atoms with Gasteiger partial charge in [-0.3, -0.25) is 0 Å². The molecule has 0 aromatic rings. The summed E-state index contributed by atoms with van der Waals surface area (Å²) < 4.78 is 11.4. The average molecular weight is 226 g/mol. The monoisotopic (exact) mass is 226 g/mol. The van der Waals surface area contributed by atoms with Crippen LogP contribution in [0.15, 0.2) is 0 Å². The first-order chi connectivity index (χ1) is 7.64. The molecule has 1 aliphatic rings. The van der Waals surface area contributed by atoms with Gasteiger partial charge in [0.2, 0.25) is 0 Å². The molecular weight excluding hydrogens is 204 g/mol. The molecule has 1 unspecified atom stereocenters. The van der Waals surface area contributed by atoms with Gasteiger partial charge in [0.15, 0.2) is 0 Å². The van der Waals surface area contributed by atoms with Crippen LogP contribution in [0.3, 0.4) is 0 Å². The summed E-state index contributed by atoms with van der Waals surface area (Å²) in [5.41, 5.74) is -0.0902. The number of nitrogens with zero attached hydrogens (tertiary/aromatic N) is 1. The lowest BCUT2D eigenvalue weighted by Gasteiger charge is -2.36. The second kappa shape index (κ2) is 6.85. The van der Waals surface area contributed by atoms with Crippen LogP contribution >= 0.6 is 0 Å². The van der Waals surface area contributed by atoms with Crippen LogP contribution in [0.5, 0.6) is 0 Å². The van der Waals surface area contributed by atoms with E-state index in [1.165, 1.54) is 0 Å². The van der Waals surface area contributed by atoms with Crippen LogP contribution in [0, 0.1) is 11.3 Å². The largest absolute Gasteiger partial charge is 0.379 e. The van der Waals surface area contributed by atoms with Crippen molar-refractivity contribution >= 4 is 0 Å². The third-order valence-electron chi connectivity index (χ3n) is 2.54. The first-order valence-corrected chi connectivity index (χ1v) is 5.97. The van der Waals surface area contributed by atoms with Crippen molar-refractivity contribution in [1.82, 2.24) is 5.32 Å². The van der Waals surface area contributed by atoms with Gasteiger partial charge in [-0.1, -0.05) is 0 Å². The van der Waals surface area contributed by atoms with Crippen LogP contribution in [-0.4, -0.2) is 38.0 Å². The number of rotatable bonds is 6. The second-order valence-electron chi connectivity index (χ2n) is 4.82. The molecule has 4 heteroatoms. The van der Waals surface area contributed by atoms with Gasteiger partial charge in [-0.15, -0.1) is 0 Å². The average Bonchev–Trinajstić information content (AvgIpc) is 2.22. The SMILES string of the molecule is CC1(C)CNCC(COCCCCC#N)O1. The van der Waals surface area contributed by atoms with E-state index in [1.54, 1.807) is 0 Å². The molecule has 1 aliphatic heterocycles. The lowest BCUT2D eigenvalue weighted by atomic mass is 10.1. The third-order valence-corrected chi connectivity index (χ3v) is 2.54. The lowest BCUT2D eigenvalue weighted by Crippen LogP contribution is -2.51. The van der Waals surface area contributed by atoms with Gasteiger partial charge in [0.25, 0.3) is 0 Å². The van der Waals surface area contributed by atoms with Crippen molar-refractivity contribution in [1.29, 1.82) is 5.26 Å². The van der Waals surface area contributed by atoms with Gasteiger partial charge >= 0.3 is 0 Å². The second-order valence-corrected chi connectivity index (χ2v) is 4.82. The molecule has 0 bridgehead atoms. The summed E-state index contributed by atoms with van der Waals surface area (Å²) in [7, 11) is 0. The maximum Gasteiger partial charge on any atom is 0.0940 e. The highest BCUT2D eigenvalue weighted by atomic mass is 16.5. The van der Waals surface area contributed by atoms with Crippen LogP contribution in [0.4, 0.5) is 0 Å². The van der Waals surface area contributed by atoms with E-state index in [0.717, 1.165) is 32.5 Å². The number of nitriles is 1. The summed E-state index contributed by atoms with van der Waals surface area (Å²) in [5.74, 6) is 0. The Morgan fingerprint density at radius 2 is 2.31 bits per heavy atom. The Morgan fingerprint density at radius 1 is 1.50 bits per heavy atom. The van der Waals surface area contributed by atoms with Crippen LogP contribution in [0.25, 0.3) is 0 Å². The van der Waals surface area contributed by atoms with E-state index < -0.39 is 0 Å². The Hall–Kier alpha value is -0.630. The van der Waals surface area contributed by atoms with Gasteiger partial charge in [-0.2, -0.15) is 5.26 Å². The normalized spacial score (nSPS) is 23.9. The Kier molecular flexibility index (Phi) is 5.75. The molecule has 4 nitrogen and oxygen atoms in total. The highest BCUT2D eigenvalue weighted by molar-refractivity contribution is 4.81. The fourth-order valence-corrected chi connectivity index (χ4v) is 1.78. The van der Waals surface area contributed by atoms with E-state index >= 15 is 0 Å². The molecule has 1 rings (SSSR count). The van der Waals surface area contributed by atoms with Crippen molar-refractivity contribution < 1.29 is 9.47 Å². The van der Waals surface area contributed by atoms with Gasteiger partial charge in [0, 0.05) is 26.1 Å². The number of hydrogen-bond donors (Lipinski definition) is 1. The Balaban J connectivity index is 2.03. The molecule has 0 aromatic heterocycles. The number of morpholine rings is 1. The van der Waals surface area contributed by atoms with Gasteiger partial charge < -0.3 is 14.8 Å². The molecule has 1 heterocycles. The molecule has 1 N–H and O–H groups in total. The van der Waals surface area contributed by atoms with E-state index in [0.29, 0.717) is 13.0 Å². The summed E-state index contributed by atoms with van der Waals surface area (Å²) in [4.78, 5) is 0. The third kappa shape index (κ3) is 5.45. The zero-order valence-corrected chi connectivity index (χ0v) is 10.3. The van der Waals surface area contributed by atoms with E-state index in [9.17, 15) is 0 Å². The molecule has 1 fully saturated rings. The molecular formula is C12H22N2O2. The highest BCUT2D eigenvalue weighted by Crippen LogP contribution is 2.15. The molecule has 1 atom stereocenters. The molecule has 92 valence electrons. The van der Waals surface area contributed by atoms with Crippen molar-refractivity contribution in [2.45, 2.75) is 44.8 Å². The van der Waals surface area contributed by atoms with Crippen molar-refractivity contribution in [2.75, 3.05) is 26.3 Å². The van der Waals surface area contributed by atoms with Crippen LogP contribution in [0.2, 0.25) is 0 Å². The first kappa shape index (κ1) is 13.4.